The highest BCUT2D eigenvalue weighted by Crippen LogP contribution is 2.45. The van der Waals surface area contributed by atoms with E-state index in [1.165, 1.54) is 35.3 Å². The normalized spacial score (nSPS) is 20.8. The number of likely N-dealkylation sites (tertiary alicyclic amines) is 1. The van der Waals surface area contributed by atoms with Crippen LogP contribution in [0.25, 0.3) is 0 Å². The van der Waals surface area contributed by atoms with Crippen molar-refractivity contribution in [2.75, 3.05) is 26.2 Å². The molecule has 3 rings (SSSR count). The largest absolute Gasteiger partial charge is 0.314 e. The van der Waals surface area contributed by atoms with E-state index in [9.17, 15) is 9.59 Å². The van der Waals surface area contributed by atoms with Crippen LogP contribution in [0.5, 0.6) is 0 Å². The fourth-order valence-corrected chi connectivity index (χ4v) is 6.02. The number of amides is 1. The van der Waals surface area contributed by atoms with E-state index >= 15 is 0 Å². The molecule has 0 spiro atoms. The Morgan fingerprint density at radius 3 is 1.58 bits per heavy atom. The predicted molar refractivity (Wildman–Crippen MR) is 153 cm³/mol. The summed E-state index contributed by atoms with van der Waals surface area (Å²) < 4.78 is 0. The molecule has 1 aliphatic carbocycles. The fraction of sp³-hybridized carbons (Fsp3) is 0.812. The van der Waals surface area contributed by atoms with Crippen LogP contribution in [0.1, 0.15) is 122 Å². The lowest BCUT2D eigenvalue weighted by molar-refractivity contribution is -0.130. The van der Waals surface area contributed by atoms with Gasteiger partial charge in [0.15, 0.2) is 0 Å². The fourth-order valence-electron chi connectivity index (χ4n) is 6.02. The Morgan fingerprint density at radius 2 is 1.14 bits per heavy atom. The second kappa shape index (κ2) is 11.1. The summed E-state index contributed by atoms with van der Waals surface area (Å²) >= 11 is 0. The zero-order valence-electron chi connectivity index (χ0n) is 25.8. The van der Waals surface area contributed by atoms with Crippen molar-refractivity contribution in [2.45, 2.75) is 122 Å². The molecule has 4 nitrogen and oxygen atoms in total. The van der Waals surface area contributed by atoms with E-state index in [2.05, 4.69) is 92.9 Å². The Labute approximate surface area is 223 Å². The average molecular weight is 501 g/mol. The zero-order valence-corrected chi connectivity index (χ0v) is 25.8. The molecule has 0 aromatic rings. The topological polar surface area (TPSA) is 40.6 Å². The predicted octanol–water partition coefficient (Wildman–Crippen LogP) is 7.79. The molecule has 2 aliphatic heterocycles. The highest BCUT2D eigenvalue weighted by atomic mass is 16.2. The number of hydrogen-bond acceptors (Lipinski definition) is 3. The van der Waals surface area contributed by atoms with E-state index in [1.807, 2.05) is 0 Å². The van der Waals surface area contributed by atoms with E-state index in [0.29, 0.717) is 24.7 Å². The van der Waals surface area contributed by atoms with E-state index in [-0.39, 0.29) is 21.7 Å². The summed E-state index contributed by atoms with van der Waals surface area (Å²) in [5, 5.41) is 0. The molecule has 1 amide bonds. The third-order valence-corrected chi connectivity index (χ3v) is 7.82. The van der Waals surface area contributed by atoms with Crippen molar-refractivity contribution >= 4 is 11.7 Å². The first-order valence-corrected chi connectivity index (χ1v) is 14.2. The molecule has 1 saturated heterocycles. The van der Waals surface area contributed by atoms with Crippen LogP contribution >= 0.6 is 0 Å². The quantitative estimate of drug-likeness (QED) is 0.363. The van der Waals surface area contributed by atoms with Gasteiger partial charge in [0.05, 0.1) is 6.54 Å². The van der Waals surface area contributed by atoms with Crippen LogP contribution in [0.15, 0.2) is 22.4 Å². The lowest BCUT2D eigenvalue weighted by atomic mass is 9.69. The third-order valence-electron chi connectivity index (χ3n) is 7.82. The molecule has 0 unspecified atom stereocenters. The maximum absolute atomic E-state index is 12.8. The minimum Gasteiger partial charge on any atom is -0.314 e. The van der Waals surface area contributed by atoms with Crippen molar-refractivity contribution < 1.29 is 9.59 Å². The highest BCUT2D eigenvalue weighted by Gasteiger charge is 2.38. The van der Waals surface area contributed by atoms with Crippen LogP contribution in [-0.4, -0.2) is 47.7 Å². The molecule has 0 N–H and O–H groups in total. The van der Waals surface area contributed by atoms with Gasteiger partial charge >= 0.3 is 0 Å². The van der Waals surface area contributed by atoms with Gasteiger partial charge in [0.25, 0.3) is 0 Å². The van der Waals surface area contributed by atoms with Crippen LogP contribution in [0.3, 0.4) is 0 Å². The van der Waals surface area contributed by atoms with Gasteiger partial charge in [-0.15, -0.1) is 0 Å². The second-order valence-electron chi connectivity index (χ2n) is 15.3. The molecule has 0 aromatic carbocycles. The Morgan fingerprint density at radius 1 is 0.639 bits per heavy atom. The van der Waals surface area contributed by atoms with Gasteiger partial charge in [-0.05, 0) is 60.6 Å². The Kier molecular flexibility index (Phi) is 9.53. The molecular weight excluding hydrogens is 444 g/mol. The number of hydrogen-bond donors (Lipinski definition) is 0. The molecule has 0 atom stereocenters. The summed E-state index contributed by atoms with van der Waals surface area (Å²) in [4.78, 5) is 28.7. The van der Waals surface area contributed by atoms with Crippen molar-refractivity contribution in [3.8, 4) is 0 Å². The summed E-state index contributed by atoms with van der Waals surface area (Å²) in [7, 11) is 0. The number of carbonyl (C=O) groups excluding carboxylic acids is 2. The van der Waals surface area contributed by atoms with E-state index in [0.717, 1.165) is 38.9 Å². The van der Waals surface area contributed by atoms with E-state index < -0.39 is 0 Å². The number of carbonyl (C=O) groups is 2. The first kappa shape index (κ1) is 30.8. The van der Waals surface area contributed by atoms with Crippen LogP contribution in [0.2, 0.25) is 0 Å². The molecule has 0 saturated carbocycles. The molecule has 206 valence electrons. The van der Waals surface area contributed by atoms with Gasteiger partial charge in [-0.2, -0.15) is 0 Å². The molecule has 3 aliphatic rings. The molecule has 0 radical (unpaired) electrons. The maximum atomic E-state index is 12.8. The zero-order chi connectivity index (χ0) is 27.7. The summed E-state index contributed by atoms with van der Waals surface area (Å²) in [5.41, 5.74) is 6.15. The lowest BCUT2D eigenvalue weighted by Gasteiger charge is -2.36. The molecule has 1 fully saturated rings. The summed E-state index contributed by atoms with van der Waals surface area (Å²) in [6.07, 6.45) is 5.89. The van der Waals surface area contributed by atoms with Crippen molar-refractivity contribution in [3.63, 3.8) is 0 Å². The first-order chi connectivity index (χ1) is 16.2. The number of nitrogens with zero attached hydrogens (tertiary/aromatic N) is 2. The highest BCUT2D eigenvalue weighted by molar-refractivity contribution is 5.83. The average Bonchev–Trinajstić information content (AvgIpc) is 3.35. The van der Waals surface area contributed by atoms with Gasteiger partial charge in [0, 0.05) is 30.5 Å². The minimum absolute atomic E-state index is 0.0276. The van der Waals surface area contributed by atoms with Crippen molar-refractivity contribution in [2.24, 2.45) is 21.7 Å². The first-order valence-electron chi connectivity index (χ1n) is 14.2. The van der Waals surface area contributed by atoms with Gasteiger partial charge in [-0.25, -0.2) is 0 Å². The van der Waals surface area contributed by atoms with Crippen molar-refractivity contribution in [1.29, 1.82) is 0 Å². The maximum Gasteiger partial charge on any atom is 0.240 e. The van der Waals surface area contributed by atoms with E-state index in [4.69, 9.17) is 0 Å². The van der Waals surface area contributed by atoms with Crippen molar-refractivity contribution in [3.05, 3.63) is 22.4 Å². The number of rotatable bonds is 2. The molecule has 0 bridgehead atoms. The number of ketones is 1. The van der Waals surface area contributed by atoms with Gasteiger partial charge in [-0.1, -0.05) is 94.2 Å². The van der Waals surface area contributed by atoms with Crippen LogP contribution < -0.4 is 0 Å². The summed E-state index contributed by atoms with van der Waals surface area (Å²) in [5.74, 6) is 0.703. The molecule has 0 aromatic heterocycles. The summed E-state index contributed by atoms with van der Waals surface area (Å²) in [6.45, 7) is 30.5. The molecular formula is C32H56N2O2. The SMILES string of the molecule is CC(C)(C)C1=C(C(C)(C)C)CC(=O)CC1.CC(C)(C)C1=C(C(C)(C)C)N(C(=O)CN2CCCC2)CC1. The van der Waals surface area contributed by atoms with E-state index in [1.54, 1.807) is 0 Å². The molecule has 2 heterocycles. The van der Waals surface area contributed by atoms with Crippen molar-refractivity contribution in [1.82, 2.24) is 9.80 Å². The van der Waals surface area contributed by atoms with Crippen LogP contribution in [-0.2, 0) is 9.59 Å². The van der Waals surface area contributed by atoms with Gasteiger partial charge in [0.1, 0.15) is 5.78 Å². The monoisotopic (exact) mass is 500 g/mol. The Bertz CT molecular complexity index is 873. The number of allylic oxidation sites excluding steroid dienone is 3. The van der Waals surface area contributed by atoms with Crippen LogP contribution in [0, 0.1) is 21.7 Å². The smallest absolute Gasteiger partial charge is 0.240 e. The standard InChI is InChI=1S/C18H32N2O.C14H24O/c1-17(2,3)14-9-12-20(16(14)18(4,5)6)15(21)13-19-10-7-8-11-19;1-13(2,3)11-8-7-10(15)9-12(11)14(4,5)6/h7-13H2,1-6H3;7-9H2,1-6H3. The second-order valence-corrected chi connectivity index (χ2v) is 15.3. The van der Waals surface area contributed by atoms with Gasteiger partial charge in [-0.3, -0.25) is 14.5 Å². The minimum atomic E-state index is 0.0276. The number of Topliss-reactive ketones (excluding diaryl/α,β-unsaturated/α-hetero) is 1. The molecule has 4 heteroatoms. The van der Waals surface area contributed by atoms with Crippen LogP contribution in [0.4, 0.5) is 0 Å². The van der Waals surface area contributed by atoms with Gasteiger partial charge < -0.3 is 4.90 Å². The Balaban J connectivity index is 0.000000269. The lowest BCUT2D eigenvalue weighted by Crippen LogP contribution is -2.40. The molecule has 36 heavy (non-hydrogen) atoms. The summed E-state index contributed by atoms with van der Waals surface area (Å²) in [6, 6.07) is 0. The Hall–Kier alpha value is -1.42. The van der Waals surface area contributed by atoms with Gasteiger partial charge in [0.2, 0.25) is 5.91 Å². The third kappa shape index (κ3) is 8.04.